The van der Waals surface area contributed by atoms with Crippen LogP contribution in [0.15, 0.2) is 24.3 Å². The smallest absolute Gasteiger partial charge is 0.164 e. The van der Waals surface area contributed by atoms with Crippen molar-refractivity contribution in [3.8, 4) is 0 Å². The first-order chi connectivity index (χ1) is 10.1. The van der Waals surface area contributed by atoms with Gasteiger partial charge in [0.2, 0.25) is 0 Å². The van der Waals surface area contributed by atoms with E-state index in [0.717, 1.165) is 24.7 Å². The first-order valence-corrected chi connectivity index (χ1v) is 8.21. The molecular weight excluding hydrogens is 260 g/mol. The fraction of sp³-hybridized carbons (Fsp3) is 0.611. The van der Waals surface area contributed by atoms with Crippen molar-refractivity contribution < 1.29 is 4.79 Å². The van der Waals surface area contributed by atoms with Crippen molar-refractivity contribution in [2.75, 3.05) is 26.2 Å². The Morgan fingerprint density at radius 2 is 2.00 bits per heavy atom. The van der Waals surface area contributed by atoms with Gasteiger partial charge in [0, 0.05) is 43.7 Å². The van der Waals surface area contributed by atoms with Crippen molar-refractivity contribution in [3.63, 3.8) is 0 Å². The zero-order chi connectivity index (χ0) is 14.8. The van der Waals surface area contributed by atoms with Gasteiger partial charge in [0.05, 0.1) is 0 Å². The zero-order valence-electron chi connectivity index (χ0n) is 13.2. The second-order valence-electron chi connectivity index (χ2n) is 6.67. The van der Waals surface area contributed by atoms with Gasteiger partial charge in [-0.1, -0.05) is 29.8 Å². The van der Waals surface area contributed by atoms with Gasteiger partial charge in [-0.3, -0.25) is 14.6 Å². The highest BCUT2D eigenvalue weighted by Crippen LogP contribution is 2.24. The minimum Gasteiger partial charge on any atom is -0.298 e. The number of piperazine rings is 1. The van der Waals surface area contributed by atoms with Gasteiger partial charge in [-0.05, 0) is 33.2 Å². The quantitative estimate of drug-likeness (QED) is 0.795. The van der Waals surface area contributed by atoms with Crippen LogP contribution in [0.25, 0.3) is 0 Å². The fourth-order valence-corrected chi connectivity index (χ4v) is 3.69. The van der Waals surface area contributed by atoms with Gasteiger partial charge in [0.1, 0.15) is 0 Å². The van der Waals surface area contributed by atoms with Gasteiger partial charge in [-0.15, -0.1) is 0 Å². The molecule has 3 nitrogen and oxygen atoms in total. The highest BCUT2D eigenvalue weighted by molar-refractivity contribution is 5.96. The summed E-state index contributed by atoms with van der Waals surface area (Å²) < 4.78 is 0. The van der Waals surface area contributed by atoms with Crippen LogP contribution in [-0.4, -0.2) is 53.8 Å². The summed E-state index contributed by atoms with van der Waals surface area (Å²) in [6.45, 7) is 8.83. The van der Waals surface area contributed by atoms with E-state index in [4.69, 9.17) is 0 Å². The molecule has 3 heteroatoms. The molecule has 1 aromatic rings. The van der Waals surface area contributed by atoms with E-state index in [-0.39, 0.29) is 5.78 Å². The van der Waals surface area contributed by atoms with Crippen molar-refractivity contribution in [1.29, 1.82) is 0 Å². The lowest BCUT2D eigenvalue weighted by atomic mass is 10.0. The second-order valence-corrected chi connectivity index (χ2v) is 6.67. The number of nitrogens with zero attached hydrogens (tertiary/aromatic N) is 2. The molecule has 2 fully saturated rings. The normalized spacial score (nSPS) is 26.8. The molecule has 0 aromatic heterocycles. The van der Waals surface area contributed by atoms with Crippen molar-refractivity contribution in [2.24, 2.45) is 0 Å². The molecule has 2 aliphatic rings. The molecule has 21 heavy (non-hydrogen) atoms. The summed E-state index contributed by atoms with van der Waals surface area (Å²) in [7, 11) is 0. The number of benzene rings is 1. The molecule has 3 rings (SSSR count). The predicted octanol–water partition coefficient (Wildman–Crippen LogP) is 2.74. The number of rotatable bonds is 4. The topological polar surface area (TPSA) is 23.6 Å². The molecule has 2 aliphatic heterocycles. The van der Waals surface area contributed by atoms with Gasteiger partial charge >= 0.3 is 0 Å². The molecule has 0 bridgehead atoms. The van der Waals surface area contributed by atoms with E-state index < -0.39 is 0 Å². The maximum Gasteiger partial charge on any atom is 0.164 e. The van der Waals surface area contributed by atoms with Crippen molar-refractivity contribution in [2.45, 2.75) is 45.2 Å². The highest BCUT2D eigenvalue weighted by Gasteiger charge is 2.34. The van der Waals surface area contributed by atoms with E-state index in [1.807, 2.05) is 24.3 Å². The van der Waals surface area contributed by atoms with Crippen LogP contribution in [0.2, 0.25) is 0 Å². The van der Waals surface area contributed by atoms with Crippen LogP contribution in [0, 0.1) is 6.92 Å². The third-order valence-corrected chi connectivity index (χ3v) is 5.07. The SMILES string of the molecule is Cc1ccc(C(=O)CCN2CC3CCCN3CC2C)cc1. The molecule has 2 atom stereocenters. The number of hydrogen-bond acceptors (Lipinski definition) is 3. The molecular formula is C18H26N2O. The number of ketones is 1. The summed E-state index contributed by atoms with van der Waals surface area (Å²) in [5.74, 6) is 0.274. The Morgan fingerprint density at radius 3 is 2.76 bits per heavy atom. The summed E-state index contributed by atoms with van der Waals surface area (Å²) in [5.41, 5.74) is 2.06. The second kappa shape index (κ2) is 6.29. The van der Waals surface area contributed by atoms with E-state index >= 15 is 0 Å². The molecule has 0 spiro atoms. The van der Waals surface area contributed by atoms with Crippen LogP contribution < -0.4 is 0 Å². The third-order valence-electron chi connectivity index (χ3n) is 5.07. The number of carbonyl (C=O) groups excluding carboxylic acids is 1. The molecule has 0 radical (unpaired) electrons. The van der Waals surface area contributed by atoms with Crippen LogP contribution in [0.1, 0.15) is 42.1 Å². The van der Waals surface area contributed by atoms with Crippen LogP contribution in [0.3, 0.4) is 0 Å². The van der Waals surface area contributed by atoms with E-state index in [9.17, 15) is 4.79 Å². The molecule has 0 N–H and O–H groups in total. The molecule has 0 amide bonds. The largest absolute Gasteiger partial charge is 0.298 e. The van der Waals surface area contributed by atoms with Gasteiger partial charge in [0.15, 0.2) is 5.78 Å². The minimum absolute atomic E-state index is 0.274. The zero-order valence-corrected chi connectivity index (χ0v) is 13.2. The summed E-state index contributed by atoms with van der Waals surface area (Å²) in [6.07, 6.45) is 3.31. The summed E-state index contributed by atoms with van der Waals surface area (Å²) in [6, 6.07) is 9.26. The Bertz CT molecular complexity index is 496. The predicted molar refractivity (Wildman–Crippen MR) is 85.8 cm³/mol. The molecule has 114 valence electrons. The summed E-state index contributed by atoms with van der Waals surface area (Å²) in [5, 5.41) is 0. The fourth-order valence-electron chi connectivity index (χ4n) is 3.69. The lowest BCUT2D eigenvalue weighted by molar-refractivity contribution is 0.0567. The lowest BCUT2D eigenvalue weighted by Crippen LogP contribution is -2.55. The molecule has 0 saturated carbocycles. The standard InChI is InChI=1S/C18H26N2O/c1-14-5-7-16(8-6-14)18(21)9-11-19-13-17-4-3-10-20(17)12-15(19)2/h5-8,15,17H,3-4,9-13H2,1-2H3. The number of Topliss-reactive ketones (excluding diaryl/α,β-unsaturated/α-hetero) is 1. The average Bonchev–Trinajstić information content (AvgIpc) is 2.92. The van der Waals surface area contributed by atoms with E-state index in [1.54, 1.807) is 0 Å². The van der Waals surface area contributed by atoms with Gasteiger partial charge in [-0.25, -0.2) is 0 Å². The van der Waals surface area contributed by atoms with Gasteiger partial charge in [0.25, 0.3) is 0 Å². The number of aryl methyl sites for hydroxylation is 1. The van der Waals surface area contributed by atoms with Crippen LogP contribution in [0.5, 0.6) is 0 Å². The van der Waals surface area contributed by atoms with E-state index in [2.05, 4.69) is 23.6 Å². The Morgan fingerprint density at radius 1 is 1.24 bits per heavy atom. The Hall–Kier alpha value is -1.19. The average molecular weight is 286 g/mol. The Balaban J connectivity index is 1.54. The minimum atomic E-state index is 0.274. The maximum absolute atomic E-state index is 12.3. The number of carbonyl (C=O) groups is 1. The summed E-state index contributed by atoms with van der Waals surface area (Å²) in [4.78, 5) is 17.4. The molecule has 2 saturated heterocycles. The molecule has 1 aromatic carbocycles. The lowest BCUT2D eigenvalue weighted by Gasteiger charge is -2.42. The van der Waals surface area contributed by atoms with Crippen molar-refractivity contribution >= 4 is 5.78 Å². The highest BCUT2D eigenvalue weighted by atomic mass is 16.1. The first kappa shape index (κ1) is 14.7. The van der Waals surface area contributed by atoms with Crippen LogP contribution >= 0.6 is 0 Å². The number of hydrogen-bond donors (Lipinski definition) is 0. The Labute approximate surface area is 127 Å². The third kappa shape index (κ3) is 3.35. The van der Waals surface area contributed by atoms with Gasteiger partial charge < -0.3 is 0 Å². The number of fused-ring (bicyclic) bond motifs is 1. The van der Waals surface area contributed by atoms with E-state index in [1.165, 1.54) is 31.5 Å². The molecule has 2 heterocycles. The maximum atomic E-state index is 12.3. The van der Waals surface area contributed by atoms with E-state index in [0.29, 0.717) is 12.5 Å². The Kier molecular flexibility index (Phi) is 4.41. The van der Waals surface area contributed by atoms with Crippen LogP contribution in [0.4, 0.5) is 0 Å². The van der Waals surface area contributed by atoms with Crippen molar-refractivity contribution in [3.05, 3.63) is 35.4 Å². The van der Waals surface area contributed by atoms with Crippen molar-refractivity contribution in [1.82, 2.24) is 9.80 Å². The monoisotopic (exact) mass is 286 g/mol. The van der Waals surface area contributed by atoms with Gasteiger partial charge in [-0.2, -0.15) is 0 Å². The molecule has 0 aliphatic carbocycles. The summed E-state index contributed by atoms with van der Waals surface area (Å²) >= 11 is 0. The first-order valence-electron chi connectivity index (χ1n) is 8.21. The van der Waals surface area contributed by atoms with Crippen LogP contribution in [-0.2, 0) is 0 Å². The molecule has 2 unspecified atom stereocenters.